The Morgan fingerprint density at radius 3 is 1.64 bits per heavy atom. The standard InChI is InChI=1S/C20H16N2O3/c23-19(24)16-8-12-18(13-9-16)22-20(25)21-17-10-6-15(7-11-17)14-4-2-1-3-5-14/h1-13H,(H,23,24)(H2,21,22,25). The highest BCUT2D eigenvalue weighted by molar-refractivity contribution is 6.00. The van der Waals surface area contributed by atoms with Crippen molar-refractivity contribution in [3.05, 3.63) is 84.4 Å². The van der Waals surface area contributed by atoms with Gasteiger partial charge >= 0.3 is 12.0 Å². The lowest BCUT2D eigenvalue weighted by Crippen LogP contribution is -2.19. The number of benzene rings is 3. The second-order valence-corrected chi connectivity index (χ2v) is 5.41. The number of hydrogen-bond acceptors (Lipinski definition) is 2. The van der Waals surface area contributed by atoms with E-state index < -0.39 is 12.0 Å². The number of aromatic carboxylic acids is 1. The van der Waals surface area contributed by atoms with Crippen molar-refractivity contribution in [2.24, 2.45) is 0 Å². The van der Waals surface area contributed by atoms with Crippen molar-refractivity contribution in [3.63, 3.8) is 0 Å². The van der Waals surface area contributed by atoms with Gasteiger partial charge in [0.15, 0.2) is 0 Å². The number of amides is 2. The topological polar surface area (TPSA) is 78.4 Å². The van der Waals surface area contributed by atoms with Gasteiger partial charge in [0.2, 0.25) is 0 Å². The van der Waals surface area contributed by atoms with Crippen LogP contribution in [0.2, 0.25) is 0 Å². The number of anilines is 2. The number of nitrogens with one attached hydrogen (secondary N) is 2. The fourth-order valence-electron chi connectivity index (χ4n) is 2.37. The molecule has 3 aromatic rings. The molecule has 2 amide bonds. The molecule has 0 aliphatic heterocycles. The zero-order valence-electron chi connectivity index (χ0n) is 13.3. The van der Waals surface area contributed by atoms with Gasteiger partial charge in [-0.2, -0.15) is 0 Å². The van der Waals surface area contributed by atoms with Crippen molar-refractivity contribution >= 4 is 23.4 Å². The number of rotatable bonds is 4. The van der Waals surface area contributed by atoms with E-state index in [0.29, 0.717) is 11.4 Å². The minimum Gasteiger partial charge on any atom is -0.478 e. The summed E-state index contributed by atoms with van der Waals surface area (Å²) in [7, 11) is 0. The first-order valence-electron chi connectivity index (χ1n) is 7.69. The first-order chi connectivity index (χ1) is 12.1. The number of carboxylic acid groups (broad SMARTS) is 1. The summed E-state index contributed by atoms with van der Waals surface area (Å²) in [6, 6.07) is 23.1. The Morgan fingerprint density at radius 1 is 0.640 bits per heavy atom. The lowest BCUT2D eigenvalue weighted by molar-refractivity contribution is 0.0697. The van der Waals surface area contributed by atoms with Crippen LogP contribution in [0.1, 0.15) is 10.4 Å². The number of carbonyl (C=O) groups is 2. The Hall–Kier alpha value is -3.60. The van der Waals surface area contributed by atoms with Gasteiger partial charge in [0, 0.05) is 11.4 Å². The Morgan fingerprint density at radius 2 is 1.12 bits per heavy atom. The van der Waals surface area contributed by atoms with Crippen LogP contribution in [-0.2, 0) is 0 Å². The van der Waals surface area contributed by atoms with E-state index in [2.05, 4.69) is 10.6 Å². The molecule has 5 nitrogen and oxygen atoms in total. The van der Waals surface area contributed by atoms with Crippen LogP contribution >= 0.6 is 0 Å². The molecule has 3 N–H and O–H groups in total. The molecule has 0 spiro atoms. The summed E-state index contributed by atoms with van der Waals surface area (Å²) in [5.41, 5.74) is 3.53. The van der Waals surface area contributed by atoms with Gasteiger partial charge in [-0.1, -0.05) is 42.5 Å². The molecule has 0 saturated carbocycles. The second-order valence-electron chi connectivity index (χ2n) is 5.41. The summed E-state index contributed by atoms with van der Waals surface area (Å²) in [5.74, 6) is -1.01. The Bertz CT molecular complexity index is 873. The van der Waals surface area contributed by atoms with Crippen LogP contribution in [0.3, 0.4) is 0 Å². The molecule has 0 aliphatic rings. The second kappa shape index (κ2) is 7.31. The van der Waals surface area contributed by atoms with Gasteiger partial charge in [0.05, 0.1) is 5.56 Å². The first kappa shape index (κ1) is 16.3. The lowest BCUT2D eigenvalue weighted by Gasteiger charge is -2.09. The molecule has 0 atom stereocenters. The van der Waals surface area contributed by atoms with Crippen LogP contribution in [0.4, 0.5) is 16.2 Å². The molecule has 0 fully saturated rings. The molecule has 3 aromatic carbocycles. The van der Waals surface area contributed by atoms with Crippen molar-refractivity contribution in [1.82, 2.24) is 0 Å². The van der Waals surface area contributed by atoms with Gasteiger partial charge in [-0.25, -0.2) is 9.59 Å². The number of urea groups is 1. The summed E-state index contributed by atoms with van der Waals surface area (Å²) in [4.78, 5) is 22.8. The molecular formula is C20H16N2O3. The summed E-state index contributed by atoms with van der Waals surface area (Å²) < 4.78 is 0. The maximum atomic E-state index is 12.0. The fourth-order valence-corrected chi connectivity index (χ4v) is 2.37. The van der Waals surface area contributed by atoms with Crippen LogP contribution in [0.5, 0.6) is 0 Å². The van der Waals surface area contributed by atoms with E-state index >= 15 is 0 Å². The minimum atomic E-state index is -1.01. The van der Waals surface area contributed by atoms with Crippen molar-refractivity contribution in [2.75, 3.05) is 10.6 Å². The number of carboxylic acids is 1. The molecule has 124 valence electrons. The summed E-state index contributed by atoms with van der Waals surface area (Å²) in [5, 5.41) is 14.3. The van der Waals surface area contributed by atoms with Crippen molar-refractivity contribution < 1.29 is 14.7 Å². The highest BCUT2D eigenvalue weighted by Crippen LogP contribution is 2.21. The van der Waals surface area contributed by atoms with Gasteiger partial charge in [0.25, 0.3) is 0 Å². The maximum absolute atomic E-state index is 12.0. The van der Waals surface area contributed by atoms with Gasteiger partial charge in [0.1, 0.15) is 0 Å². The largest absolute Gasteiger partial charge is 0.478 e. The van der Waals surface area contributed by atoms with Gasteiger partial charge < -0.3 is 15.7 Å². The van der Waals surface area contributed by atoms with Crippen LogP contribution < -0.4 is 10.6 Å². The Kier molecular flexibility index (Phi) is 4.76. The maximum Gasteiger partial charge on any atom is 0.335 e. The fraction of sp³-hybridized carbons (Fsp3) is 0. The lowest BCUT2D eigenvalue weighted by atomic mass is 10.1. The quantitative estimate of drug-likeness (QED) is 0.648. The van der Waals surface area contributed by atoms with Crippen LogP contribution in [-0.4, -0.2) is 17.1 Å². The average molecular weight is 332 g/mol. The van der Waals surface area contributed by atoms with E-state index in [9.17, 15) is 9.59 Å². The zero-order chi connectivity index (χ0) is 17.6. The predicted molar refractivity (Wildman–Crippen MR) is 97.9 cm³/mol. The van der Waals surface area contributed by atoms with Crippen LogP contribution in [0.15, 0.2) is 78.9 Å². The predicted octanol–water partition coefficient (Wildman–Crippen LogP) is 4.70. The van der Waals surface area contributed by atoms with E-state index in [1.165, 1.54) is 12.1 Å². The van der Waals surface area contributed by atoms with Crippen LogP contribution in [0.25, 0.3) is 11.1 Å². The molecule has 0 aliphatic carbocycles. The van der Waals surface area contributed by atoms with Gasteiger partial charge in [-0.15, -0.1) is 0 Å². The Balaban J connectivity index is 1.62. The molecule has 0 heterocycles. The molecule has 3 rings (SSSR count). The smallest absolute Gasteiger partial charge is 0.335 e. The number of hydrogen-bond donors (Lipinski definition) is 3. The normalized spacial score (nSPS) is 10.1. The minimum absolute atomic E-state index is 0.169. The van der Waals surface area contributed by atoms with Gasteiger partial charge in [-0.05, 0) is 47.5 Å². The molecule has 0 unspecified atom stereocenters. The van der Waals surface area contributed by atoms with E-state index in [1.807, 2.05) is 54.6 Å². The van der Waals surface area contributed by atoms with E-state index in [1.54, 1.807) is 12.1 Å². The molecule has 5 heteroatoms. The van der Waals surface area contributed by atoms with Crippen molar-refractivity contribution in [1.29, 1.82) is 0 Å². The summed E-state index contributed by atoms with van der Waals surface area (Å²) in [6.07, 6.45) is 0. The van der Waals surface area contributed by atoms with Crippen molar-refractivity contribution in [3.8, 4) is 11.1 Å². The monoisotopic (exact) mass is 332 g/mol. The van der Waals surface area contributed by atoms with E-state index in [4.69, 9.17) is 5.11 Å². The third-order valence-corrected chi connectivity index (χ3v) is 3.64. The molecular weight excluding hydrogens is 316 g/mol. The Labute approximate surface area is 144 Å². The first-order valence-corrected chi connectivity index (χ1v) is 7.69. The van der Waals surface area contributed by atoms with E-state index in [0.717, 1.165) is 11.1 Å². The average Bonchev–Trinajstić information content (AvgIpc) is 2.63. The van der Waals surface area contributed by atoms with Gasteiger partial charge in [-0.3, -0.25) is 0 Å². The highest BCUT2D eigenvalue weighted by atomic mass is 16.4. The molecule has 0 radical (unpaired) electrons. The SMILES string of the molecule is O=C(Nc1ccc(C(=O)O)cc1)Nc1ccc(-c2ccccc2)cc1. The summed E-state index contributed by atoms with van der Waals surface area (Å²) >= 11 is 0. The zero-order valence-corrected chi connectivity index (χ0v) is 13.3. The molecule has 25 heavy (non-hydrogen) atoms. The summed E-state index contributed by atoms with van der Waals surface area (Å²) in [6.45, 7) is 0. The third kappa shape index (κ3) is 4.23. The van der Waals surface area contributed by atoms with E-state index in [-0.39, 0.29) is 5.56 Å². The molecule has 0 saturated heterocycles. The molecule has 0 aromatic heterocycles. The number of carbonyl (C=O) groups excluding carboxylic acids is 1. The van der Waals surface area contributed by atoms with Crippen molar-refractivity contribution in [2.45, 2.75) is 0 Å². The highest BCUT2D eigenvalue weighted by Gasteiger charge is 2.05. The van der Waals surface area contributed by atoms with Crippen LogP contribution in [0, 0.1) is 0 Å². The molecule has 0 bridgehead atoms. The third-order valence-electron chi connectivity index (χ3n) is 3.64.